The van der Waals surface area contributed by atoms with Crippen LogP contribution in [0.5, 0.6) is 0 Å². The number of esters is 1. The van der Waals surface area contributed by atoms with Gasteiger partial charge in [-0.2, -0.15) is 5.10 Å². The topological polar surface area (TPSA) is 124 Å². The van der Waals surface area contributed by atoms with Gasteiger partial charge in [0.15, 0.2) is 5.78 Å². The predicted octanol–water partition coefficient (Wildman–Crippen LogP) is 5.01. The van der Waals surface area contributed by atoms with E-state index in [2.05, 4.69) is 10.4 Å². The molecule has 206 valence electrons. The van der Waals surface area contributed by atoms with Crippen LogP contribution in [0.15, 0.2) is 82.6 Å². The number of ether oxygens (including phenoxy) is 1. The third-order valence-electron chi connectivity index (χ3n) is 6.65. The third kappa shape index (κ3) is 4.61. The number of rotatable bonds is 6. The Morgan fingerprint density at radius 1 is 1.00 bits per heavy atom. The Labute approximate surface area is 243 Å². The zero-order valence-corrected chi connectivity index (χ0v) is 23.8. The highest BCUT2D eigenvalue weighted by atomic mass is 35.5. The van der Waals surface area contributed by atoms with E-state index in [0.29, 0.717) is 15.6 Å². The van der Waals surface area contributed by atoms with Gasteiger partial charge < -0.3 is 10.1 Å². The van der Waals surface area contributed by atoms with Gasteiger partial charge in [0.25, 0.3) is 5.91 Å². The summed E-state index contributed by atoms with van der Waals surface area (Å²) >= 11 is 7.56. The molecule has 9 nitrogen and oxygen atoms in total. The average Bonchev–Trinajstić information content (AvgIpc) is 3.54. The molecule has 5 aromatic rings. The summed E-state index contributed by atoms with van der Waals surface area (Å²) in [5, 5.41) is 8.49. The summed E-state index contributed by atoms with van der Waals surface area (Å²) in [6.45, 7) is 1.73. The predicted molar refractivity (Wildman–Crippen MR) is 153 cm³/mol. The molecule has 6 rings (SSSR count). The Morgan fingerprint density at radius 3 is 2.54 bits per heavy atom. The molecule has 0 saturated carbocycles. The van der Waals surface area contributed by atoms with E-state index in [-0.39, 0.29) is 39.6 Å². The van der Waals surface area contributed by atoms with E-state index < -0.39 is 27.5 Å². The second-order valence-electron chi connectivity index (χ2n) is 9.21. The zero-order chi connectivity index (χ0) is 28.9. The van der Waals surface area contributed by atoms with E-state index in [9.17, 15) is 22.8 Å². The molecule has 0 saturated heterocycles. The molecule has 0 fully saturated rings. The zero-order valence-electron chi connectivity index (χ0n) is 21.4. The van der Waals surface area contributed by atoms with E-state index in [1.807, 2.05) is 25.1 Å². The van der Waals surface area contributed by atoms with Crippen LogP contribution < -0.4 is 5.32 Å². The lowest BCUT2D eigenvalue weighted by Crippen LogP contribution is -2.28. The van der Waals surface area contributed by atoms with Gasteiger partial charge in [-0.1, -0.05) is 35.9 Å². The van der Waals surface area contributed by atoms with Crippen molar-refractivity contribution in [2.24, 2.45) is 0 Å². The number of sulfone groups is 1. The van der Waals surface area contributed by atoms with Crippen LogP contribution in [0, 0.1) is 6.92 Å². The lowest BCUT2D eigenvalue weighted by atomic mass is 10.0. The molecular weight excluding hydrogens is 586 g/mol. The lowest BCUT2D eigenvalue weighted by molar-refractivity contribution is 0.0509. The molecule has 1 aliphatic heterocycles. The minimum absolute atomic E-state index is 0.00645. The van der Waals surface area contributed by atoms with Crippen LogP contribution in [-0.2, 0) is 14.6 Å². The molecule has 1 aliphatic rings. The van der Waals surface area contributed by atoms with E-state index >= 15 is 0 Å². The number of benzene rings is 3. The van der Waals surface area contributed by atoms with Crippen molar-refractivity contribution in [3.05, 3.63) is 105 Å². The van der Waals surface area contributed by atoms with Crippen molar-refractivity contribution in [1.82, 2.24) is 15.1 Å². The number of hydrogen-bond acceptors (Lipinski definition) is 8. The van der Waals surface area contributed by atoms with Crippen LogP contribution in [0.2, 0.25) is 5.02 Å². The van der Waals surface area contributed by atoms with Crippen molar-refractivity contribution in [1.29, 1.82) is 0 Å². The Hall–Kier alpha value is -4.32. The van der Waals surface area contributed by atoms with Crippen LogP contribution in [0.25, 0.3) is 15.9 Å². The number of amides is 1. The molecule has 3 aromatic carbocycles. The summed E-state index contributed by atoms with van der Waals surface area (Å²) in [6.07, 6.45) is 0. The lowest BCUT2D eigenvalue weighted by Gasteiger charge is -2.19. The van der Waals surface area contributed by atoms with Crippen molar-refractivity contribution >= 4 is 60.7 Å². The number of aryl methyl sites for hydroxylation is 1. The Morgan fingerprint density at radius 2 is 1.73 bits per heavy atom. The molecular formula is C29H20ClN3O6S2. The molecule has 0 bridgehead atoms. The Bertz CT molecular complexity index is 2010. The van der Waals surface area contributed by atoms with Gasteiger partial charge in [-0.15, -0.1) is 11.3 Å². The van der Waals surface area contributed by atoms with E-state index in [1.54, 1.807) is 28.9 Å². The molecule has 1 amide bonds. The Balaban J connectivity index is 1.12. The van der Waals surface area contributed by atoms with Crippen molar-refractivity contribution < 1.29 is 27.5 Å². The van der Waals surface area contributed by atoms with Crippen LogP contribution in [0.1, 0.15) is 41.6 Å². The molecule has 2 aromatic heterocycles. The molecule has 0 atom stereocenters. The molecule has 41 heavy (non-hydrogen) atoms. The van der Waals surface area contributed by atoms with Crippen molar-refractivity contribution in [2.75, 3.05) is 13.2 Å². The first kappa shape index (κ1) is 26.9. The number of carbonyl (C=O) groups excluding carboxylic acids is 3. The largest absolute Gasteiger partial charge is 0.460 e. The number of hydrogen-bond donors (Lipinski definition) is 1. The van der Waals surface area contributed by atoms with Gasteiger partial charge >= 0.3 is 5.97 Å². The second-order valence-corrected chi connectivity index (χ2v) is 12.5. The number of ketones is 1. The van der Waals surface area contributed by atoms with E-state index in [4.69, 9.17) is 16.3 Å². The van der Waals surface area contributed by atoms with Gasteiger partial charge in [0.1, 0.15) is 16.3 Å². The SMILES string of the molecule is Cc1nn(-c2ccccc2Cl)c2sc(C(=O)OCCNC(=O)c3ccc4c(c3)S(=O)(=O)c3ccccc3C4=O)cc12. The first-order chi connectivity index (χ1) is 19.7. The van der Waals surface area contributed by atoms with E-state index in [0.717, 1.165) is 15.9 Å². The highest BCUT2D eigenvalue weighted by Crippen LogP contribution is 2.35. The molecule has 0 aliphatic carbocycles. The van der Waals surface area contributed by atoms with Crippen molar-refractivity contribution in [3.8, 4) is 5.69 Å². The summed E-state index contributed by atoms with van der Waals surface area (Å²) in [7, 11) is -3.97. The van der Waals surface area contributed by atoms with Gasteiger partial charge in [-0.25, -0.2) is 17.9 Å². The van der Waals surface area contributed by atoms with Gasteiger partial charge in [-0.3, -0.25) is 9.59 Å². The number of para-hydroxylation sites is 1. The summed E-state index contributed by atoms with van der Waals surface area (Å²) < 4.78 is 33.3. The molecule has 12 heteroatoms. The van der Waals surface area contributed by atoms with E-state index in [1.165, 1.54) is 41.7 Å². The molecule has 0 spiro atoms. The number of fused-ring (bicyclic) bond motifs is 3. The average molecular weight is 606 g/mol. The fourth-order valence-corrected chi connectivity index (χ4v) is 7.60. The molecule has 3 heterocycles. The van der Waals surface area contributed by atoms with Gasteiger partial charge in [0.2, 0.25) is 9.84 Å². The molecule has 0 radical (unpaired) electrons. The standard InChI is InChI=1S/C29H20ClN3O6S2/c1-16-20-15-23(40-28(20)33(32-16)22-8-4-3-7-21(22)30)29(36)39-13-12-31-27(35)17-10-11-19-25(14-17)41(37,38)24-9-5-2-6-18(24)26(19)34/h2-11,14-15H,12-13H2,1H3,(H,31,35). The maximum atomic E-state index is 13.1. The quantitative estimate of drug-likeness (QED) is 0.209. The smallest absolute Gasteiger partial charge is 0.348 e. The fraction of sp³-hybridized carbons (Fsp3) is 0.103. The maximum absolute atomic E-state index is 13.1. The van der Waals surface area contributed by atoms with Crippen molar-refractivity contribution in [3.63, 3.8) is 0 Å². The van der Waals surface area contributed by atoms with Gasteiger partial charge in [0.05, 0.1) is 32.7 Å². The maximum Gasteiger partial charge on any atom is 0.348 e. The summed E-state index contributed by atoms with van der Waals surface area (Å²) in [4.78, 5) is 39.1. The second kappa shape index (κ2) is 10.3. The molecule has 0 unspecified atom stereocenters. The number of thiophene rings is 1. The minimum Gasteiger partial charge on any atom is -0.460 e. The number of nitrogens with one attached hydrogen (secondary N) is 1. The fourth-order valence-electron chi connectivity index (χ4n) is 4.64. The highest BCUT2D eigenvalue weighted by Gasteiger charge is 2.35. The summed E-state index contributed by atoms with van der Waals surface area (Å²) in [5.41, 5.74) is 1.62. The first-order valence-corrected chi connectivity index (χ1v) is 15.1. The van der Waals surface area contributed by atoms with Crippen LogP contribution >= 0.6 is 22.9 Å². The summed E-state index contributed by atoms with van der Waals surface area (Å²) in [6, 6.07) is 18.9. The van der Waals surface area contributed by atoms with Crippen molar-refractivity contribution in [2.45, 2.75) is 16.7 Å². The normalized spacial score (nSPS) is 13.5. The summed E-state index contributed by atoms with van der Waals surface area (Å²) in [5.74, 6) is -1.54. The first-order valence-electron chi connectivity index (χ1n) is 12.4. The monoisotopic (exact) mass is 605 g/mol. The van der Waals surface area contributed by atoms with Gasteiger partial charge in [-0.05, 0) is 55.5 Å². The number of carbonyl (C=O) groups is 3. The highest BCUT2D eigenvalue weighted by molar-refractivity contribution is 7.91. The number of halogens is 1. The van der Waals surface area contributed by atoms with Gasteiger partial charge in [0, 0.05) is 22.1 Å². The number of nitrogens with zero attached hydrogens (tertiary/aromatic N) is 2. The number of aromatic nitrogens is 2. The van der Waals surface area contributed by atoms with Crippen LogP contribution in [0.4, 0.5) is 0 Å². The van der Waals surface area contributed by atoms with Crippen LogP contribution in [0.3, 0.4) is 0 Å². The third-order valence-corrected chi connectivity index (χ3v) is 9.91. The van der Waals surface area contributed by atoms with Crippen LogP contribution in [-0.4, -0.2) is 49.0 Å². The minimum atomic E-state index is -3.97. The Kier molecular flexibility index (Phi) is 6.72. The molecule has 1 N–H and O–H groups in total.